The molecular formula is C8H3BrClNO. The van der Waals surface area contributed by atoms with Crippen molar-refractivity contribution in [3.05, 3.63) is 32.8 Å². The molecule has 0 saturated carbocycles. The molecule has 0 aliphatic heterocycles. The Morgan fingerprint density at radius 3 is 2.75 bits per heavy atom. The summed E-state index contributed by atoms with van der Waals surface area (Å²) in [5.41, 5.74) is 0.520. The Morgan fingerprint density at radius 2 is 2.25 bits per heavy atom. The van der Waals surface area contributed by atoms with Crippen LogP contribution in [0.3, 0.4) is 0 Å². The van der Waals surface area contributed by atoms with Crippen LogP contribution in [0.4, 0.5) is 0 Å². The molecule has 0 heterocycles. The maximum Gasteiger partial charge on any atom is 0.151 e. The van der Waals surface area contributed by atoms with Crippen LogP contribution in [0.1, 0.15) is 15.9 Å². The lowest BCUT2D eigenvalue weighted by Crippen LogP contribution is -1.88. The highest BCUT2D eigenvalue weighted by Gasteiger charge is 2.06. The van der Waals surface area contributed by atoms with Crippen molar-refractivity contribution in [3.63, 3.8) is 0 Å². The summed E-state index contributed by atoms with van der Waals surface area (Å²) < 4.78 is 0.689. The van der Waals surface area contributed by atoms with E-state index in [0.717, 1.165) is 0 Å². The standard InChI is InChI=1S/C8H3BrClNO/c9-6-1-5(4-12)7(3-11)8(10)2-6/h1-2,4H. The number of aldehydes is 1. The molecule has 0 aliphatic carbocycles. The molecule has 60 valence electrons. The predicted octanol–water partition coefficient (Wildman–Crippen LogP) is 2.79. The van der Waals surface area contributed by atoms with Gasteiger partial charge in [-0.1, -0.05) is 27.5 Å². The average molecular weight is 244 g/mol. The molecule has 1 aromatic rings. The number of benzene rings is 1. The molecular weight excluding hydrogens is 241 g/mol. The van der Waals surface area contributed by atoms with E-state index in [4.69, 9.17) is 16.9 Å². The molecule has 0 saturated heterocycles. The molecule has 2 nitrogen and oxygen atoms in total. The summed E-state index contributed by atoms with van der Waals surface area (Å²) in [6.45, 7) is 0. The second kappa shape index (κ2) is 3.70. The van der Waals surface area contributed by atoms with Crippen LogP contribution in [0.15, 0.2) is 16.6 Å². The van der Waals surface area contributed by atoms with Crippen molar-refractivity contribution < 1.29 is 4.79 Å². The van der Waals surface area contributed by atoms with Gasteiger partial charge in [-0.2, -0.15) is 5.26 Å². The minimum atomic E-state index is 0.217. The fraction of sp³-hybridized carbons (Fsp3) is 0. The predicted molar refractivity (Wildman–Crippen MR) is 49.3 cm³/mol. The van der Waals surface area contributed by atoms with Crippen LogP contribution in [0, 0.1) is 11.3 Å². The number of nitriles is 1. The molecule has 0 bridgehead atoms. The van der Waals surface area contributed by atoms with Crippen LogP contribution in [0.2, 0.25) is 5.02 Å². The van der Waals surface area contributed by atoms with E-state index in [1.165, 1.54) is 0 Å². The highest BCUT2D eigenvalue weighted by molar-refractivity contribution is 9.10. The number of carbonyl (C=O) groups excluding carboxylic acids is 1. The lowest BCUT2D eigenvalue weighted by Gasteiger charge is -1.98. The Balaban J connectivity index is 3.46. The number of hydrogen-bond donors (Lipinski definition) is 0. The van der Waals surface area contributed by atoms with E-state index in [0.29, 0.717) is 16.3 Å². The first-order valence-electron chi connectivity index (χ1n) is 3.03. The van der Waals surface area contributed by atoms with Gasteiger partial charge in [0.05, 0.1) is 10.6 Å². The molecule has 12 heavy (non-hydrogen) atoms. The van der Waals surface area contributed by atoms with Gasteiger partial charge in [0, 0.05) is 10.0 Å². The molecule has 0 fully saturated rings. The smallest absolute Gasteiger partial charge is 0.151 e. The van der Waals surface area contributed by atoms with Crippen molar-refractivity contribution in [2.24, 2.45) is 0 Å². The zero-order valence-electron chi connectivity index (χ0n) is 5.84. The van der Waals surface area contributed by atoms with E-state index in [2.05, 4.69) is 15.9 Å². The van der Waals surface area contributed by atoms with Crippen molar-refractivity contribution in [1.82, 2.24) is 0 Å². The fourth-order valence-electron chi connectivity index (χ4n) is 0.804. The first-order chi connectivity index (χ1) is 5.69. The van der Waals surface area contributed by atoms with Gasteiger partial charge in [0.1, 0.15) is 6.07 Å². The second-order valence-corrected chi connectivity index (χ2v) is 3.40. The van der Waals surface area contributed by atoms with Crippen molar-refractivity contribution >= 4 is 33.8 Å². The third kappa shape index (κ3) is 1.66. The third-order valence-corrected chi connectivity index (χ3v) is 2.08. The van der Waals surface area contributed by atoms with Gasteiger partial charge in [0.15, 0.2) is 6.29 Å². The minimum absolute atomic E-state index is 0.217. The van der Waals surface area contributed by atoms with Gasteiger partial charge < -0.3 is 0 Å². The summed E-state index contributed by atoms with van der Waals surface area (Å²) in [5.74, 6) is 0. The third-order valence-electron chi connectivity index (χ3n) is 1.32. The zero-order valence-corrected chi connectivity index (χ0v) is 8.19. The van der Waals surface area contributed by atoms with Crippen molar-refractivity contribution in [1.29, 1.82) is 5.26 Å². The summed E-state index contributed by atoms with van der Waals surface area (Å²) in [7, 11) is 0. The number of rotatable bonds is 1. The molecule has 0 atom stereocenters. The van der Waals surface area contributed by atoms with E-state index in [1.807, 2.05) is 6.07 Å². The SMILES string of the molecule is N#Cc1c(Cl)cc(Br)cc1C=O. The van der Waals surface area contributed by atoms with Crippen LogP contribution < -0.4 is 0 Å². The average Bonchev–Trinajstić information content (AvgIpc) is 2.03. The van der Waals surface area contributed by atoms with Crippen molar-refractivity contribution in [3.8, 4) is 6.07 Å². The van der Waals surface area contributed by atoms with E-state index in [-0.39, 0.29) is 10.6 Å². The quantitative estimate of drug-likeness (QED) is 0.713. The van der Waals surface area contributed by atoms with Gasteiger partial charge in [-0.05, 0) is 12.1 Å². The van der Waals surface area contributed by atoms with Gasteiger partial charge >= 0.3 is 0 Å². The van der Waals surface area contributed by atoms with Crippen LogP contribution in [-0.4, -0.2) is 6.29 Å². The van der Waals surface area contributed by atoms with Gasteiger partial charge in [0.2, 0.25) is 0 Å². The molecule has 1 aromatic carbocycles. The van der Waals surface area contributed by atoms with E-state index in [9.17, 15) is 4.79 Å². The van der Waals surface area contributed by atoms with Gasteiger partial charge in [-0.3, -0.25) is 4.79 Å². The molecule has 4 heteroatoms. The summed E-state index contributed by atoms with van der Waals surface area (Å²) in [4.78, 5) is 10.5. The minimum Gasteiger partial charge on any atom is -0.298 e. The summed E-state index contributed by atoms with van der Waals surface area (Å²) in [6.07, 6.45) is 0.606. The summed E-state index contributed by atoms with van der Waals surface area (Å²) in [6, 6.07) is 4.99. The normalized spacial score (nSPS) is 9.08. The van der Waals surface area contributed by atoms with Gasteiger partial charge in [0.25, 0.3) is 0 Å². The van der Waals surface area contributed by atoms with Gasteiger partial charge in [-0.25, -0.2) is 0 Å². The molecule has 0 unspecified atom stereocenters. The molecule has 0 aliphatic rings. The molecule has 0 N–H and O–H groups in total. The Hall–Kier alpha value is -0.850. The molecule has 0 spiro atoms. The molecule has 1 rings (SSSR count). The molecule has 0 aromatic heterocycles. The number of hydrogen-bond acceptors (Lipinski definition) is 2. The highest BCUT2D eigenvalue weighted by Crippen LogP contribution is 2.23. The summed E-state index contributed by atoms with van der Waals surface area (Å²) >= 11 is 8.87. The maximum atomic E-state index is 10.5. The lowest BCUT2D eigenvalue weighted by molar-refractivity contribution is 0.112. The Labute approximate surface area is 82.9 Å². The van der Waals surface area contributed by atoms with E-state index >= 15 is 0 Å². The van der Waals surface area contributed by atoms with Crippen LogP contribution >= 0.6 is 27.5 Å². The number of halogens is 2. The van der Waals surface area contributed by atoms with Crippen LogP contribution in [0.25, 0.3) is 0 Å². The Bertz CT molecular complexity index is 370. The lowest BCUT2D eigenvalue weighted by atomic mass is 10.1. The van der Waals surface area contributed by atoms with E-state index < -0.39 is 0 Å². The van der Waals surface area contributed by atoms with Crippen LogP contribution in [-0.2, 0) is 0 Å². The second-order valence-electron chi connectivity index (χ2n) is 2.08. The van der Waals surface area contributed by atoms with Crippen LogP contribution in [0.5, 0.6) is 0 Å². The number of carbonyl (C=O) groups is 1. The largest absolute Gasteiger partial charge is 0.298 e. The highest BCUT2D eigenvalue weighted by atomic mass is 79.9. The van der Waals surface area contributed by atoms with Crippen molar-refractivity contribution in [2.75, 3.05) is 0 Å². The summed E-state index contributed by atoms with van der Waals surface area (Å²) in [5, 5.41) is 8.90. The Kier molecular flexibility index (Phi) is 2.85. The Morgan fingerprint density at radius 1 is 1.58 bits per heavy atom. The first kappa shape index (κ1) is 9.24. The van der Waals surface area contributed by atoms with Gasteiger partial charge in [-0.15, -0.1) is 0 Å². The topological polar surface area (TPSA) is 40.9 Å². The molecule has 0 amide bonds. The monoisotopic (exact) mass is 243 g/mol. The zero-order chi connectivity index (χ0) is 9.14. The van der Waals surface area contributed by atoms with Crippen molar-refractivity contribution in [2.45, 2.75) is 0 Å². The fourth-order valence-corrected chi connectivity index (χ4v) is 1.68. The first-order valence-corrected chi connectivity index (χ1v) is 4.20. The number of nitrogens with zero attached hydrogens (tertiary/aromatic N) is 1. The van der Waals surface area contributed by atoms with E-state index in [1.54, 1.807) is 12.1 Å². The molecule has 0 radical (unpaired) electrons. The maximum absolute atomic E-state index is 10.5.